The molecule has 0 aliphatic rings. The molecule has 1 atom stereocenters. The first-order valence-electron chi connectivity index (χ1n) is 7.76. The van der Waals surface area contributed by atoms with Gasteiger partial charge in [0.1, 0.15) is 4.88 Å². The Morgan fingerprint density at radius 3 is 2.32 bits per heavy atom. The number of carbonyl (C=O) groups is 2. The number of aryl methyl sites for hydroxylation is 1. The molecule has 0 bridgehead atoms. The molecule has 0 aliphatic carbocycles. The summed E-state index contributed by atoms with van der Waals surface area (Å²) < 4.78 is 5.43. The molecular formula is C20H17NO3S. The zero-order chi connectivity index (χ0) is 17.8. The van der Waals surface area contributed by atoms with Crippen LogP contribution < -0.4 is 5.73 Å². The monoisotopic (exact) mass is 351 g/mol. The predicted octanol–water partition coefficient (Wildman–Crippen LogP) is 4.11. The van der Waals surface area contributed by atoms with Gasteiger partial charge in [-0.15, -0.1) is 11.3 Å². The summed E-state index contributed by atoms with van der Waals surface area (Å²) in [5, 5.41) is 1.83. The molecule has 5 heteroatoms. The molecule has 0 saturated carbocycles. The van der Waals surface area contributed by atoms with E-state index in [1.165, 1.54) is 11.3 Å². The van der Waals surface area contributed by atoms with Crippen molar-refractivity contribution < 1.29 is 14.3 Å². The number of nitrogens with two attached hydrogens (primary N) is 1. The molecule has 2 aromatic carbocycles. The third-order valence-corrected chi connectivity index (χ3v) is 4.69. The number of amides is 1. The average molecular weight is 351 g/mol. The third kappa shape index (κ3) is 3.78. The van der Waals surface area contributed by atoms with Crippen molar-refractivity contribution in [1.82, 2.24) is 0 Å². The lowest BCUT2D eigenvalue weighted by molar-refractivity contribution is -0.127. The number of primary amides is 1. The quantitative estimate of drug-likeness (QED) is 0.703. The Labute approximate surface area is 149 Å². The first-order chi connectivity index (χ1) is 12.1. The Balaban J connectivity index is 1.88. The summed E-state index contributed by atoms with van der Waals surface area (Å²) in [5.41, 5.74) is 8.82. The topological polar surface area (TPSA) is 69.4 Å². The van der Waals surface area contributed by atoms with Gasteiger partial charge in [0, 0.05) is 11.1 Å². The van der Waals surface area contributed by atoms with Gasteiger partial charge in [-0.25, -0.2) is 4.79 Å². The number of carbonyl (C=O) groups excluding carboxylic acids is 2. The van der Waals surface area contributed by atoms with Crippen LogP contribution in [0.3, 0.4) is 0 Å². The van der Waals surface area contributed by atoms with E-state index in [4.69, 9.17) is 10.5 Å². The maximum absolute atomic E-state index is 12.6. The van der Waals surface area contributed by atoms with Gasteiger partial charge in [-0.2, -0.15) is 0 Å². The smallest absolute Gasteiger partial charge is 0.350 e. The molecule has 1 aromatic heterocycles. The number of rotatable bonds is 5. The van der Waals surface area contributed by atoms with Gasteiger partial charge in [0.25, 0.3) is 5.91 Å². The van der Waals surface area contributed by atoms with Crippen molar-refractivity contribution >= 4 is 23.2 Å². The van der Waals surface area contributed by atoms with Gasteiger partial charge in [-0.1, -0.05) is 60.2 Å². The molecule has 0 aliphatic heterocycles. The minimum atomic E-state index is -1.11. The SMILES string of the molecule is Cc1ccc(-c2ccsc2C(=O)O[C@@H](C(N)=O)c2ccccc2)cc1. The Morgan fingerprint density at radius 1 is 1.00 bits per heavy atom. The van der Waals surface area contributed by atoms with E-state index in [-0.39, 0.29) is 0 Å². The molecule has 0 spiro atoms. The van der Waals surface area contributed by atoms with Crippen LogP contribution >= 0.6 is 11.3 Å². The molecule has 1 amide bonds. The third-order valence-electron chi connectivity index (χ3n) is 3.80. The number of hydrogen-bond acceptors (Lipinski definition) is 4. The van der Waals surface area contributed by atoms with Gasteiger partial charge in [-0.3, -0.25) is 4.79 Å². The molecule has 2 N–H and O–H groups in total. The Kier molecular flexibility index (Phi) is 4.95. The van der Waals surface area contributed by atoms with E-state index < -0.39 is 18.0 Å². The van der Waals surface area contributed by atoms with Crippen molar-refractivity contribution in [3.05, 3.63) is 82.0 Å². The van der Waals surface area contributed by atoms with Crippen molar-refractivity contribution in [3.8, 4) is 11.1 Å². The van der Waals surface area contributed by atoms with Crippen LogP contribution in [0.2, 0.25) is 0 Å². The summed E-state index contributed by atoms with van der Waals surface area (Å²) in [5.74, 6) is -1.26. The summed E-state index contributed by atoms with van der Waals surface area (Å²) in [7, 11) is 0. The molecular weight excluding hydrogens is 334 g/mol. The van der Waals surface area contributed by atoms with Crippen LogP contribution in [0.5, 0.6) is 0 Å². The lowest BCUT2D eigenvalue weighted by Crippen LogP contribution is -2.26. The van der Waals surface area contributed by atoms with Crippen molar-refractivity contribution in [1.29, 1.82) is 0 Å². The first-order valence-corrected chi connectivity index (χ1v) is 8.64. The van der Waals surface area contributed by atoms with Crippen molar-refractivity contribution in [3.63, 3.8) is 0 Å². The zero-order valence-electron chi connectivity index (χ0n) is 13.6. The lowest BCUT2D eigenvalue weighted by Gasteiger charge is -2.15. The van der Waals surface area contributed by atoms with E-state index in [1.807, 2.05) is 48.7 Å². The van der Waals surface area contributed by atoms with Gasteiger partial charge in [0.15, 0.2) is 0 Å². The Bertz CT molecular complexity index is 885. The standard InChI is InChI=1S/C20H17NO3S/c1-13-7-9-14(10-8-13)16-11-12-25-18(16)20(23)24-17(19(21)22)15-5-3-2-4-6-15/h2-12,17H,1H3,(H2,21,22)/t17-/m1/s1. The van der Waals surface area contributed by atoms with Gasteiger partial charge >= 0.3 is 5.97 Å². The van der Waals surface area contributed by atoms with Crippen LogP contribution in [-0.4, -0.2) is 11.9 Å². The van der Waals surface area contributed by atoms with E-state index in [1.54, 1.807) is 24.3 Å². The van der Waals surface area contributed by atoms with Gasteiger partial charge < -0.3 is 10.5 Å². The van der Waals surface area contributed by atoms with Crippen LogP contribution in [0.15, 0.2) is 66.0 Å². The molecule has 0 radical (unpaired) electrons. The number of thiophene rings is 1. The van der Waals surface area contributed by atoms with Crippen LogP contribution in [0.25, 0.3) is 11.1 Å². The van der Waals surface area contributed by atoms with Crippen LogP contribution in [0.4, 0.5) is 0 Å². The molecule has 25 heavy (non-hydrogen) atoms. The highest BCUT2D eigenvalue weighted by atomic mass is 32.1. The minimum absolute atomic E-state index is 0.450. The Hall–Kier alpha value is -2.92. The number of esters is 1. The number of ether oxygens (including phenoxy) is 1. The molecule has 0 unspecified atom stereocenters. The van der Waals surface area contributed by atoms with E-state index in [2.05, 4.69) is 0 Å². The molecule has 0 fully saturated rings. The average Bonchev–Trinajstić information content (AvgIpc) is 3.10. The molecule has 4 nitrogen and oxygen atoms in total. The van der Waals surface area contributed by atoms with Crippen LogP contribution in [0, 0.1) is 6.92 Å². The highest BCUT2D eigenvalue weighted by Crippen LogP contribution is 2.30. The van der Waals surface area contributed by atoms with Crippen molar-refractivity contribution in [2.45, 2.75) is 13.0 Å². The largest absolute Gasteiger partial charge is 0.443 e. The molecule has 3 rings (SSSR count). The lowest BCUT2D eigenvalue weighted by atomic mass is 10.0. The summed E-state index contributed by atoms with van der Waals surface area (Å²) in [6.07, 6.45) is -1.11. The normalized spacial score (nSPS) is 11.7. The first kappa shape index (κ1) is 16.9. The summed E-state index contributed by atoms with van der Waals surface area (Å²) in [6, 6.07) is 18.5. The Morgan fingerprint density at radius 2 is 1.68 bits per heavy atom. The van der Waals surface area contributed by atoms with Gasteiger partial charge in [-0.05, 0) is 23.9 Å². The maximum Gasteiger partial charge on any atom is 0.350 e. The fourth-order valence-electron chi connectivity index (χ4n) is 2.51. The van der Waals surface area contributed by atoms with Gasteiger partial charge in [0.2, 0.25) is 6.10 Å². The highest BCUT2D eigenvalue weighted by molar-refractivity contribution is 7.12. The van der Waals surface area contributed by atoms with Gasteiger partial charge in [0.05, 0.1) is 0 Å². The summed E-state index contributed by atoms with van der Waals surface area (Å²) in [4.78, 5) is 24.8. The fourth-order valence-corrected chi connectivity index (χ4v) is 3.30. The highest BCUT2D eigenvalue weighted by Gasteiger charge is 2.25. The number of hydrogen-bond donors (Lipinski definition) is 1. The minimum Gasteiger partial charge on any atom is -0.443 e. The van der Waals surface area contributed by atoms with Crippen molar-refractivity contribution in [2.24, 2.45) is 5.73 Å². The molecule has 1 heterocycles. The fraction of sp³-hybridized carbons (Fsp3) is 0.100. The molecule has 3 aromatic rings. The van der Waals surface area contributed by atoms with E-state index in [0.717, 1.165) is 16.7 Å². The predicted molar refractivity (Wildman–Crippen MR) is 98.3 cm³/mol. The van der Waals surface area contributed by atoms with Crippen LogP contribution in [-0.2, 0) is 9.53 Å². The summed E-state index contributed by atoms with van der Waals surface area (Å²) >= 11 is 1.28. The summed E-state index contributed by atoms with van der Waals surface area (Å²) in [6.45, 7) is 2.00. The second-order valence-corrected chi connectivity index (χ2v) is 6.54. The van der Waals surface area contributed by atoms with E-state index >= 15 is 0 Å². The molecule has 126 valence electrons. The second kappa shape index (κ2) is 7.32. The number of benzene rings is 2. The maximum atomic E-state index is 12.6. The van der Waals surface area contributed by atoms with E-state index in [0.29, 0.717) is 10.4 Å². The van der Waals surface area contributed by atoms with Crippen LogP contribution in [0.1, 0.15) is 26.9 Å². The van der Waals surface area contributed by atoms with E-state index in [9.17, 15) is 9.59 Å². The zero-order valence-corrected chi connectivity index (χ0v) is 14.5. The van der Waals surface area contributed by atoms with Crippen molar-refractivity contribution in [2.75, 3.05) is 0 Å². The molecule has 0 saturated heterocycles. The second-order valence-electron chi connectivity index (χ2n) is 5.63.